The molecule has 116 valence electrons. The van der Waals surface area contributed by atoms with Gasteiger partial charge in [-0.05, 0) is 49.7 Å². The van der Waals surface area contributed by atoms with E-state index in [0.717, 1.165) is 26.0 Å². The highest BCUT2D eigenvalue weighted by Gasteiger charge is 2.40. The van der Waals surface area contributed by atoms with Crippen molar-refractivity contribution in [1.82, 2.24) is 5.32 Å². The van der Waals surface area contributed by atoms with Crippen LogP contribution in [-0.4, -0.2) is 25.3 Å². The van der Waals surface area contributed by atoms with Crippen molar-refractivity contribution in [2.24, 2.45) is 5.73 Å². The van der Waals surface area contributed by atoms with Crippen molar-refractivity contribution < 1.29 is 4.74 Å². The van der Waals surface area contributed by atoms with Crippen LogP contribution in [-0.2, 0) is 10.3 Å². The number of hydrogen-bond acceptors (Lipinski definition) is 3. The number of rotatable bonds is 4. The average Bonchev–Trinajstić information content (AvgIpc) is 2.95. The standard InChI is InChI=1S/C18H28N2O/c1-14-8-10-18(12-19,16-7-4-3-6-15(14)16)20-13-17(2)9-5-11-21-17/h3-4,6-7,14,20H,5,8-13,19H2,1-2H3. The number of ether oxygens (including phenoxy) is 1. The van der Waals surface area contributed by atoms with Crippen molar-refractivity contribution >= 4 is 0 Å². The van der Waals surface area contributed by atoms with Gasteiger partial charge in [0, 0.05) is 19.7 Å². The van der Waals surface area contributed by atoms with E-state index in [-0.39, 0.29) is 11.1 Å². The predicted octanol–water partition coefficient (Wildman–Crippen LogP) is 2.90. The molecular formula is C18H28N2O. The van der Waals surface area contributed by atoms with Crippen LogP contribution >= 0.6 is 0 Å². The van der Waals surface area contributed by atoms with E-state index in [1.54, 1.807) is 0 Å². The fourth-order valence-electron chi connectivity index (χ4n) is 3.92. The molecule has 3 nitrogen and oxygen atoms in total. The summed E-state index contributed by atoms with van der Waals surface area (Å²) in [6.07, 6.45) is 4.61. The lowest BCUT2D eigenvalue weighted by Crippen LogP contribution is -2.54. The van der Waals surface area contributed by atoms with Crippen LogP contribution in [0.4, 0.5) is 0 Å². The Balaban J connectivity index is 1.85. The van der Waals surface area contributed by atoms with Gasteiger partial charge in [0.1, 0.15) is 0 Å². The van der Waals surface area contributed by atoms with E-state index in [0.29, 0.717) is 12.5 Å². The summed E-state index contributed by atoms with van der Waals surface area (Å²) in [7, 11) is 0. The number of benzene rings is 1. The third kappa shape index (κ3) is 2.75. The van der Waals surface area contributed by atoms with Crippen LogP contribution < -0.4 is 11.1 Å². The van der Waals surface area contributed by atoms with Gasteiger partial charge in [0.2, 0.25) is 0 Å². The van der Waals surface area contributed by atoms with Gasteiger partial charge in [-0.1, -0.05) is 31.2 Å². The van der Waals surface area contributed by atoms with E-state index in [4.69, 9.17) is 10.5 Å². The second kappa shape index (κ2) is 5.71. The Kier molecular flexibility index (Phi) is 4.08. The van der Waals surface area contributed by atoms with Crippen LogP contribution in [0.1, 0.15) is 56.6 Å². The molecule has 3 unspecified atom stereocenters. The van der Waals surface area contributed by atoms with E-state index < -0.39 is 0 Å². The van der Waals surface area contributed by atoms with Gasteiger partial charge in [0.05, 0.1) is 11.1 Å². The van der Waals surface area contributed by atoms with Gasteiger partial charge >= 0.3 is 0 Å². The van der Waals surface area contributed by atoms with E-state index in [9.17, 15) is 0 Å². The average molecular weight is 288 g/mol. The maximum absolute atomic E-state index is 6.22. The molecule has 1 heterocycles. The van der Waals surface area contributed by atoms with E-state index in [1.807, 2.05) is 0 Å². The predicted molar refractivity (Wildman–Crippen MR) is 86.4 cm³/mol. The molecule has 1 fully saturated rings. The van der Waals surface area contributed by atoms with E-state index in [2.05, 4.69) is 43.4 Å². The SMILES string of the molecule is CC1CCC(CN)(NCC2(C)CCCO2)c2ccccc21. The van der Waals surface area contributed by atoms with Crippen LogP contribution in [0.15, 0.2) is 24.3 Å². The maximum Gasteiger partial charge on any atom is 0.0779 e. The zero-order valence-corrected chi connectivity index (χ0v) is 13.3. The van der Waals surface area contributed by atoms with Crippen LogP contribution in [0.3, 0.4) is 0 Å². The van der Waals surface area contributed by atoms with Gasteiger partial charge in [-0.15, -0.1) is 0 Å². The second-order valence-corrected chi connectivity index (χ2v) is 7.07. The molecule has 1 aromatic carbocycles. The lowest BCUT2D eigenvalue weighted by Gasteiger charge is -2.43. The molecule has 0 bridgehead atoms. The molecule has 0 aromatic heterocycles. The molecule has 21 heavy (non-hydrogen) atoms. The normalized spacial score (nSPS) is 35.7. The third-order valence-electron chi connectivity index (χ3n) is 5.46. The van der Waals surface area contributed by atoms with Crippen LogP contribution in [0.25, 0.3) is 0 Å². The van der Waals surface area contributed by atoms with Gasteiger partial charge in [-0.25, -0.2) is 0 Å². The summed E-state index contributed by atoms with van der Waals surface area (Å²) in [4.78, 5) is 0. The first-order valence-corrected chi connectivity index (χ1v) is 8.27. The second-order valence-electron chi connectivity index (χ2n) is 7.07. The van der Waals surface area contributed by atoms with Crippen LogP contribution in [0.2, 0.25) is 0 Å². The molecular weight excluding hydrogens is 260 g/mol. The Labute approximate surface area is 128 Å². The van der Waals surface area contributed by atoms with Crippen molar-refractivity contribution in [2.45, 2.75) is 56.6 Å². The van der Waals surface area contributed by atoms with Crippen molar-refractivity contribution in [3.63, 3.8) is 0 Å². The minimum Gasteiger partial charge on any atom is -0.374 e. The van der Waals surface area contributed by atoms with Crippen LogP contribution in [0, 0.1) is 0 Å². The number of nitrogens with one attached hydrogen (secondary N) is 1. The molecule has 3 heteroatoms. The first kappa shape index (κ1) is 15.0. The topological polar surface area (TPSA) is 47.3 Å². The zero-order valence-electron chi connectivity index (χ0n) is 13.3. The summed E-state index contributed by atoms with van der Waals surface area (Å²) in [6, 6.07) is 8.79. The summed E-state index contributed by atoms with van der Waals surface area (Å²) < 4.78 is 5.93. The minimum absolute atomic E-state index is 0.0276. The largest absolute Gasteiger partial charge is 0.374 e. The molecule has 2 aliphatic rings. The quantitative estimate of drug-likeness (QED) is 0.895. The molecule has 0 amide bonds. The summed E-state index contributed by atoms with van der Waals surface area (Å²) in [5.74, 6) is 0.626. The Hall–Kier alpha value is -0.900. The van der Waals surface area contributed by atoms with Crippen molar-refractivity contribution in [3.8, 4) is 0 Å². The van der Waals surface area contributed by atoms with Gasteiger partial charge in [-0.2, -0.15) is 0 Å². The molecule has 0 saturated carbocycles. The van der Waals surface area contributed by atoms with E-state index >= 15 is 0 Å². The smallest absolute Gasteiger partial charge is 0.0779 e. The highest BCUT2D eigenvalue weighted by molar-refractivity contribution is 5.39. The number of hydrogen-bond donors (Lipinski definition) is 2. The monoisotopic (exact) mass is 288 g/mol. The molecule has 1 aliphatic carbocycles. The molecule has 0 radical (unpaired) electrons. The minimum atomic E-state index is -0.0853. The van der Waals surface area contributed by atoms with Crippen molar-refractivity contribution in [1.29, 1.82) is 0 Å². The number of nitrogens with two attached hydrogens (primary N) is 1. The molecule has 3 rings (SSSR count). The fourth-order valence-corrected chi connectivity index (χ4v) is 3.92. The summed E-state index contributed by atoms with van der Waals surface area (Å²) in [5.41, 5.74) is 8.96. The fraction of sp³-hybridized carbons (Fsp3) is 0.667. The van der Waals surface area contributed by atoms with Gasteiger partial charge < -0.3 is 15.8 Å². The molecule has 1 saturated heterocycles. The zero-order chi connectivity index (χ0) is 14.9. The highest BCUT2D eigenvalue weighted by atomic mass is 16.5. The Morgan fingerprint density at radius 2 is 2.14 bits per heavy atom. The summed E-state index contributed by atoms with van der Waals surface area (Å²) >= 11 is 0. The van der Waals surface area contributed by atoms with Crippen molar-refractivity contribution in [3.05, 3.63) is 35.4 Å². The number of fused-ring (bicyclic) bond motifs is 1. The van der Waals surface area contributed by atoms with E-state index in [1.165, 1.54) is 24.0 Å². The lowest BCUT2D eigenvalue weighted by molar-refractivity contribution is 0.0128. The summed E-state index contributed by atoms with van der Waals surface area (Å²) in [5, 5.41) is 3.79. The summed E-state index contributed by atoms with van der Waals surface area (Å²) in [6.45, 7) is 6.95. The van der Waals surface area contributed by atoms with Gasteiger partial charge in [0.15, 0.2) is 0 Å². The van der Waals surface area contributed by atoms with Gasteiger partial charge in [0.25, 0.3) is 0 Å². The molecule has 3 N–H and O–H groups in total. The highest BCUT2D eigenvalue weighted by Crippen LogP contribution is 2.41. The molecule has 3 atom stereocenters. The van der Waals surface area contributed by atoms with Gasteiger partial charge in [-0.3, -0.25) is 0 Å². The van der Waals surface area contributed by atoms with Crippen molar-refractivity contribution in [2.75, 3.05) is 19.7 Å². The molecule has 1 aliphatic heterocycles. The Morgan fingerprint density at radius 1 is 1.33 bits per heavy atom. The molecule has 1 aromatic rings. The Bertz CT molecular complexity index is 496. The molecule has 0 spiro atoms. The van der Waals surface area contributed by atoms with Crippen LogP contribution in [0.5, 0.6) is 0 Å². The Morgan fingerprint density at radius 3 is 2.86 bits per heavy atom. The first-order chi connectivity index (χ1) is 10.1. The third-order valence-corrected chi connectivity index (χ3v) is 5.46. The maximum atomic E-state index is 6.22. The first-order valence-electron chi connectivity index (χ1n) is 8.27. The lowest BCUT2D eigenvalue weighted by atomic mass is 9.72.